The van der Waals surface area contributed by atoms with Gasteiger partial charge in [0, 0.05) is 12.8 Å². The van der Waals surface area contributed by atoms with Crippen LogP contribution in [0.2, 0.25) is 0 Å². The molecule has 0 bridgehead atoms. The van der Waals surface area contributed by atoms with Crippen molar-refractivity contribution in [3.63, 3.8) is 0 Å². The van der Waals surface area contributed by atoms with E-state index in [1.54, 1.807) is 6.20 Å². The van der Waals surface area contributed by atoms with Gasteiger partial charge in [-0.3, -0.25) is 4.79 Å². The standard InChI is InChI=1S/C12H17N3O6/c1-2-7-5-13-9(21-7)6-14-12(20)15-8(11(18)19)3-4-10(16)17/h5,8H,2-4,6H2,1H3,(H,16,17)(H,18,19)(H2,14,15,20). The summed E-state index contributed by atoms with van der Waals surface area (Å²) < 4.78 is 5.27. The lowest BCUT2D eigenvalue weighted by molar-refractivity contribution is -0.140. The molecule has 1 heterocycles. The second-order valence-electron chi connectivity index (χ2n) is 4.22. The molecular weight excluding hydrogens is 282 g/mol. The van der Waals surface area contributed by atoms with Crippen molar-refractivity contribution in [3.8, 4) is 0 Å². The van der Waals surface area contributed by atoms with E-state index in [0.29, 0.717) is 18.1 Å². The molecule has 1 rings (SSSR count). The number of carbonyl (C=O) groups is 3. The molecule has 9 nitrogen and oxygen atoms in total. The van der Waals surface area contributed by atoms with Crippen molar-refractivity contribution in [3.05, 3.63) is 17.8 Å². The van der Waals surface area contributed by atoms with Gasteiger partial charge in [0.25, 0.3) is 0 Å². The first kappa shape index (κ1) is 16.5. The number of aryl methyl sites for hydroxylation is 1. The van der Waals surface area contributed by atoms with Crippen LogP contribution >= 0.6 is 0 Å². The fourth-order valence-electron chi connectivity index (χ4n) is 1.48. The van der Waals surface area contributed by atoms with Crippen molar-refractivity contribution in [1.29, 1.82) is 0 Å². The van der Waals surface area contributed by atoms with Gasteiger partial charge >= 0.3 is 18.0 Å². The van der Waals surface area contributed by atoms with Crippen molar-refractivity contribution in [2.45, 2.75) is 38.8 Å². The van der Waals surface area contributed by atoms with Gasteiger partial charge < -0.3 is 25.3 Å². The van der Waals surface area contributed by atoms with E-state index < -0.39 is 24.0 Å². The number of carboxylic acids is 2. The minimum absolute atomic E-state index is 0.0110. The molecule has 1 atom stereocenters. The average Bonchev–Trinajstić information content (AvgIpc) is 2.88. The topological polar surface area (TPSA) is 142 Å². The summed E-state index contributed by atoms with van der Waals surface area (Å²) in [4.78, 5) is 36.8. The van der Waals surface area contributed by atoms with Crippen LogP contribution in [-0.2, 0) is 22.6 Å². The molecule has 1 aromatic rings. The molecule has 0 saturated heterocycles. The molecule has 0 aromatic carbocycles. The predicted octanol–water partition coefficient (Wildman–Crippen LogP) is 0.354. The Bertz CT molecular complexity index is 513. The lowest BCUT2D eigenvalue weighted by atomic mass is 10.1. The summed E-state index contributed by atoms with van der Waals surface area (Å²) in [5, 5.41) is 22.0. The summed E-state index contributed by atoms with van der Waals surface area (Å²) in [5.41, 5.74) is 0. The normalized spacial score (nSPS) is 11.7. The molecule has 9 heteroatoms. The second kappa shape index (κ2) is 7.88. The molecule has 21 heavy (non-hydrogen) atoms. The first-order chi connectivity index (χ1) is 9.92. The van der Waals surface area contributed by atoms with E-state index in [-0.39, 0.29) is 19.4 Å². The minimum atomic E-state index is -1.30. The van der Waals surface area contributed by atoms with Crippen LogP contribution in [-0.4, -0.2) is 39.2 Å². The SMILES string of the molecule is CCc1cnc(CNC(=O)NC(CCC(=O)O)C(=O)O)o1. The van der Waals surface area contributed by atoms with E-state index in [9.17, 15) is 14.4 Å². The lowest BCUT2D eigenvalue weighted by Crippen LogP contribution is -2.46. The summed E-state index contributed by atoms with van der Waals surface area (Å²) in [7, 11) is 0. The number of urea groups is 1. The van der Waals surface area contributed by atoms with Crippen molar-refractivity contribution < 1.29 is 29.0 Å². The first-order valence-electron chi connectivity index (χ1n) is 6.35. The number of rotatable bonds is 8. The van der Waals surface area contributed by atoms with Crippen molar-refractivity contribution in [1.82, 2.24) is 15.6 Å². The molecule has 0 aliphatic carbocycles. The quantitative estimate of drug-likeness (QED) is 0.542. The van der Waals surface area contributed by atoms with E-state index in [1.807, 2.05) is 6.92 Å². The number of oxazole rings is 1. The molecule has 0 spiro atoms. The number of nitrogens with zero attached hydrogens (tertiary/aromatic N) is 1. The van der Waals surface area contributed by atoms with Crippen LogP contribution in [0.15, 0.2) is 10.6 Å². The van der Waals surface area contributed by atoms with Gasteiger partial charge in [-0.15, -0.1) is 0 Å². The molecule has 116 valence electrons. The summed E-state index contributed by atoms with van der Waals surface area (Å²) in [6.07, 6.45) is 1.67. The van der Waals surface area contributed by atoms with Gasteiger partial charge in [-0.05, 0) is 6.42 Å². The smallest absolute Gasteiger partial charge is 0.326 e. The third-order valence-electron chi connectivity index (χ3n) is 2.60. The van der Waals surface area contributed by atoms with E-state index in [2.05, 4.69) is 15.6 Å². The highest BCUT2D eigenvalue weighted by Crippen LogP contribution is 2.03. The maximum absolute atomic E-state index is 11.5. The molecule has 0 saturated carbocycles. The molecule has 2 amide bonds. The van der Waals surface area contributed by atoms with Gasteiger partial charge in [0.05, 0.1) is 12.7 Å². The number of aromatic nitrogens is 1. The molecule has 0 fully saturated rings. The fraction of sp³-hybridized carbons (Fsp3) is 0.500. The zero-order valence-electron chi connectivity index (χ0n) is 11.5. The summed E-state index contributed by atoms with van der Waals surface area (Å²) in [6.45, 7) is 1.90. The van der Waals surface area contributed by atoms with E-state index >= 15 is 0 Å². The van der Waals surface area contributed by atoms with Crippen LogP contribution < -0.4 is 10.6 Å². The Morgan fingerprint density at radius 1 is 1.38 bits per heavy atom. The number of hydrogen-bond donors (Lipinski definition) is 4. The van der Waals surface area contributed by atoms with Gasteiger partial charge in [0.1, 0.15) is 11.8 Å². The lowest BCUT2D eigenvalue weighted by Gasteiger charge is -2.13. The molecule has 0 aliphatic heterocycles. The Morgan fingerprint density at radius 2 is 2.10 bits per heavy atom. The molecule has 4 N–H and O–H groups in total. The van der Waals surface area contributed by atoms with Crippen molar-refractivity contribution in [2.75, 3.05) is 0 Å². The number of hydrogen-bond acceptors (Lipinski definition) is 5. The van der Waals surface area contributed by atoms with Gasteiger partial charge in [-0.1, -0.05) is 6.92 Å². The van der Waals surface area contributed by atoms with Gasteiger partial charge in [-0.25, -0.2) is 14.6 Å². The maximum Gasteiger partial charge on any atom is 0.326 e. The number of aliphatic carboxylic acids is 2. The number of carboxylic acid groups (broad SMARTS) is 2. The van der Waals surface area contributed by atoms with E-state index in [4.69, 9.17) is 14.6 Å². The fourth-order valence-corrected chi connectivity index (χ4v) is 1.48. The zero-order valence-corrected chi connectivity index (χ0v) is 11.5. The third kappa shape index (κ3) is 5.93. The highest BCUT2D eigenvalue weighted by atomic mass is 16.4. The minimum Gasteiger partial charge on any atom is -0.481 e. The van der Waals surface area contributed by atoms with Crippen molar-refractivity contribution in [2.24, 2.45) is 0 Å². The highest BCUT2D eigenvalue weighted by Gasteiger charge is 2.20. The molecule has 1 aromatic heterocycles. The molecule has 1 unspecified atom stereocenters. The Labute approximate surface area is 120 Å². The molecule has 0 aliphatic rings. The summed E-state index contributed by atoms with van der Waals surface area (Å²) >= 11 is 0. The Hall–Kier alpha value is -2.58. The molecular formula is C12H17N3O6. The Morgan fingerprint density at radius 3 is 2.62 bits per heavy atom. The van der Waals surface area contributed by atoms with Crippen LogP contribution in [0.25, 0.3) is 0 Å². The van der Waals surface area contributed by atoms with Gasteiger partial charge in [0.15, 0.2) is 0 Å². The van der Waals surface area contributed by atoms with Crippen LogP contribution in [0.3, 0.4) is 0 Å². The van der Waals surface area contributed by atoms with Crippen molar-refractivity contribution >= 4 is 18.0 Å². The predicted molar refractivity (Wildman–Crippen MR) is 69.5 cm³/mol. The maximum atomic E-state index is 11.5. The van der Waals surface area contributed by atoms with Crippen LogP contribution in [0, 0.1) is 0 Å². The molecule has 0 radical (unpaired) electrons. The monoisotopic (exact) mass is 299 g/mol. The number of carbonyl (C=O) groups excluding carboxylic acids is 1. The van der Waals surface area contributed by atoms with Gasteiger partial charge in [0.2, 0.25) is 5.89 Å². The van der Waals surface area contributed by atoms with Crippen LogP contribution in [0.4, 0.5) is 4.79 Å². The largest absolute Gasteiger partial charge is 0.481 e. The van der Waals surface area contributed by atoms with Gasteiger partial charge in [-0.2, -0.15) is 0 Å². The van der Waals surface area contributed by atoms with Crippen LogP contribution in [0.5, 0.6) is 0 Å². The highest BCUT2D eigenvalue weighted by molar-refractivity contribution is 5.82. The Balaban J connectivity index is 2.42. The third-order valence-corrected chi connectivity index (χ3v) is 2.60. The average molecular weight is 299 g/mol. The zero-order chi connectivity index (χ0) is 15.8. The number of amides is 2. The second-order valence-corrected chi connectivity index (χ2v) is 4.22. The van der Waals surface area contributed by atoms with Crippen LogP contribution in [0.1, 0.15) is 31.4 Å². The summed E-state index contributed by atoms with van der Waals surface area (Å²) in [6, 6.07) is -2.00. The summed E-state index contributed by atoms with van der Waals surface area (Å²) in [5.74, 6) is -1.44. The van der Waals surface area contributed by atoms with E-state index in [0.717, 1.165) is 0 Å². The van der Waals surface area contributed by atoms with E-state index in [1.165, 1.54) is 0 Å². The number of nitrogens with one attached hydrogen (secondary N) is 2. The Kier molecular flexibility index (Phi) is 6.18. The first-order valence-corrected chi connectivity index (χ1v) is 6.35.